The van der Waals surface area contributed by atoms with E-state index in [9.17, 15) is 9.59 Å². The molecule has 1 heterocycles. The molecule has 1 amide bonds. The first-order valence-electron chi connectivity index (χ1n) is 6.59. The molecule has 1 aromatic heterocycles. The van der Waals surface area contributed by atoms with Gasteiger partial charge in [-0.05, 0) is 50.1 Å². The van der Waals surface area contributed by atoms with Crippen LogP contribution in [-0.4, -0.2) is 16.7 Å². The van der Waals surface area contributed by atoms with Gasteiger partial charge in [0.05, 0.1) is 11.3 Å². The summed E-state index contributed by atoms with van der Waals surface area (Å²) in [6.45, 7) is 7.02. The lowest BCUT2D eigenvalue weighted by atomic mass is 10.1. The van der Waals surface area contributed by atoms with E-state index in [1.165, 1.54) is 6.92 Å². The van der Waals surface area contributed by atoms with Gasteiger partial charge in [-0.2, -0.15) is 0 Å². The van der Waals surface area contributed by atoms with Crippen LogP contribution in [0.1, 0.15) is 44.6 Å². The Morgan fingerprint density at radius 1 is 1.19 bits per heavy atom. The predicted molar refractivity (Wildman–Crippen MR) is 87.1 cm³/mol. The monoisotopic (exact) mass is 348 g/mol. The fraction of sp³-hybridized carbons (Fsp3) is 0.250. The van der Waals surface area contributed by atoms with E-state index in [0.29, 0.717) is 22.5 Å². The number of benzene rings is 1. The van der Waals surface area contributed by atoms with Crippen LogP contribution >= 0.6 is 15.9 Å². The van der Waals surface area contributed by atoms with E-state index in [2.05, 4.69) is 26.2 Å². The number of ketones is 1. The summed E-state index contributed by atoms with van der Waals surface area (Å²) in [5, 5.41) is 2.87. The van der Waals surface area contributed by atoms with Crippen molar-refractivity contribution in [3.05, 3.63) is 50.8 Å². The second kappa shape index (κ2) is 5.85. The third-order valence-electron chi connectivity index (χ3n) is 3.43. The standard InChI is InChI=1S/C16H17BrN2O2/c1-8-7-12(5-6-13(8)17)19-16(21)14-9(2)15(11(4)20)18-10(14)3/h5-7,18H,1-4H3,(H,19,21). The highest BCUT2D eigenvalue weighted by Gasteiger charge is 2.20. The van der Waals surface area contributed by atoms with Crippen LogP contribution in [0.2, 0.25) is 0 Å². The van der Waals surface area contributed by atoms with E-state index in [1.54, 1.807) is 13.8 Å². The van der Waals surface area contributed by atoms with Crippen LogP contribution in [0, 0.1) is 20.8 Å². The number of aryl methyl sites for hydroxylation is 2. The molecule has 0 aliphatic rings. The van der Waals surface area contributed by atoms with E-state index in [-0.39, 0.29) is 11.7 Å². The Morgan fingerprint density at radius 2 is 1.86 bits per heavy atom. The average molecular weight is 349 g/mol. The van der Waals surface area contributed by atoms with Crippen LogP contribution in [-0.2, 0) is 0 Å². The topological polar surface area (TPSA) is 62.0 Å². The van der Waals surface area contributed by atoms with Crippen LogP contribution < -0.4 is 5.32 Å². The third-order valence-corrected chi connectivity index (χ3v) is 4.32. The minimum absolute atomic E-state index is 0.0749. The van der Waals surface area contributed by atoms with Crippen molar-refractivity contribution in [3.63, 3.8) is 0 Å². The van der Waals surface area contributed by atoms with Gasteiger partial charge in [0.2, 0.25) is 0 Å². The molecule has 0 radical (unpaired) electrons. The van der Waals surface area contributed by atoms with Gasteiger partial charge >= 0.3 is 0 Å². The second-order valence-corrected chi connectivity index (χ2v) is 5.95. The number of aromatic nitrogens is 1. The molecule has 0 saturated carbocycles. The van der Waals surface area contributed by atoms with Gasteiger partial charge in [0.1, 0.15) is 0 Å². The number of halogens is 1. The lowest BCUT2D eigenvalue weighted by Crippen LogP contribution is -2.14. The Morgan fingerprint density at radius 3 is 2.38 bits per heavy atom. The smallest absolute Gasteiger partial charge is 0.257 e. The summed E-state index contributed by atoms with van der Waals surface area (Å²) < 4.78 is 0.994. The van der Waals surface area contributed by atoms with Crippen LogP contribution in [0.15, 0.2) is 22.7 Å². The number of nitrogens with one attached hydrogen (secondary N) is 2. The van der Waals surface area contributed by atoms with Crippen molar-refractivity contribution in [2.24, 2.45) is 0 Å². The fourth-order valence-electron chi connectivity index (χ4n) is 2.36. The van der Waals surface area contributed by atoms with Gasteiger partial charge in [0.15, 0.2) is 5.78 Å². The molecule has 0 atom stereocenters. The largest absolute Gasteiger partial charge is 0.355 e. The molecule has 21 heavy (non-hydrogen) atoms. The number of H-pyrrole nitrogens is 1. The maximum Gasteiger partial charge on any atom is 0.257 e. The zero-order valence-corrected chi connectivity index (χ0v) is 14.0. The zero-order valence-electron chi connectivity index (χ0n) is 12.4. The second-order valence-electron chi connectivity index (χ2n) is 5.10. The van der Waals surface area contributed by atoms with E-state index in [0.717, 1.165) is 15.7 Å². The molecular weight excluding hydrogens is 332 g/mol. The molecule has 0 saturated heterocycles. The molecule has 0 fully saturated rings. The first-order valence-corrected chi connectivity index (χ1v) is 7.38. The van der Waals surface area contributed by atoms with Crippen molar-refractivity contribution in [1.29, 1.82) is 0 Å². The van der Waals surface area contributed by atoms with Crippen molar-refractivity contribution in [3.8, 4) is 0 Å². The summed E-state index contributed by atoms with van der Waals surface area (Å²) in [4.78, 5) is 26.9. The number of anilines is 1. The molecule has 0 aliphatic carbocycles. The van der Waals surface area contributed by atoms with Gasteiger partial charge in [-0.3, -0.25) is 9.59 Å². The third kappa shape index (κ3) is 3.08. The van der Waals surface area contributed by atoms with Gasteiger partial charge in [-0.15, -0.1) is 0 Å². The van der Waals surface area contributed by atoms with Gasteiger partial charge in [-0.1, -0.05) is 15.9 Å². The molecule has 110 valence electrons. The highest BCUT2D eigenvalue weighted by molar-refractivity contribution is 9.10. The molecule has 4 nitrogen and oxygen atoms in total. The number of Topliss-reactive ketones (excluding diaryl/α,β-unsaturated/α-hetero) is 1. The van der Waals surface area contributed by atoms with Crippen molar-refractivity contribution < 1.29 is 9.59 Å². The van der Waals surface area contributed by atoms with E-state index in [1.807, 2.05) is 25.1 Å². The maximum atomic E-state index is 12.4. The van der Waals surface area contributed by atoms with Crippen molar-refractivity contribution in [1.82, 2.24) is 4.98 Å². The maximum absolute atomic E-state index is 12.4. The Bertz CT molecular complexity index is 732. The van der Waals surface area contributed by atoms with Gasteiger partial charge in [0.25, 0.3) is 5.91 Å². The van der Waals surface area contributed by atoms with Crippen molar-refractivity contribution >= 4 is 33.3 Å². The average Bonchev–Trinajstić information content (AvgIpc) is 2.69. The highest BCUT2D eigenvalue weighted by Crippen LogP contribution is 2.23. The summed E-state index contributed by atoms with van der Waals surface area (Å²) >= 11 is 3.43. The summed E-state index contributed by atoms with van der Waals surface area (Å²) in [6.07, 6.45) is 0. The molecule has 0 spiro atoms. The normalized spacial score (nSPS) is 10.5. The quantitative estimate of drug-likeness (QED) is 0.818. The highest BCUT2D eigenvalue weighted by atomic mass is 79.9. The molecule has 2 aromatic rings. The molecule has 0 unspecified atom stereocenters. The zero-order chi connectivity index (χ0) is 15.7. The lowest BCUT2D eigenvalue weighted by Gasteiger charge is -2.08. The van der Waals surface area contributed by atoms with Crippen LogP contribution in [0.5, 0.6) is 0 Å². The predicted octanol–water partition coefficient (Wildman–Crippen LogP) is 4.16. The molecule has 2 rings (SSSR count). The summed E-state index contributed by atoms with van der Waals surface area (Å²) in [7, 11) is 0. The van der Waals surface area contributed by atoms with Crippen molar-refractivity contribution in [2.75, 3.05) is 5.32 Å². The van der Waals surface area contributed by atoms with Gasteiger partial charge < -0.3 is 10.3 Å². The van der Waals surface area contributed by atoms with Gasteiger partial charge in [-0.25, -0.2) is 0 Å². The number of rotatable bonds is 3. The van der Waals surface area contributed by atoms with E-state index >= 15 is 0 Å². The number of amides is 1. The summed E-state index contributed by atoms with van der Waals surface area (Å²) in [5.74, 6) is -0.287. The number of carbonyl (C=O) groups is 2. The molecule has 0 aliphatic heterocycles. The molecule has 2 N–H and O–H groups in total. The number of aromatic amines is 1. The molecular formula is C16H17BrN2O2. The first-order chi connectivity index (χ1) is 9.81. The fourth-order valence-corrected chi connectivity index (χ4v) is 2.61. The number of hydrogen-bond acceptors (Lipinski definition) is 2. The van der Waals surface area contributed by atoms with E-state index < -0.39 is 0 Å². The van der Waals surface area contributed by atoms with E-state index in [4.69, 9.17) is 0 Å². The van der Waals surface area contributed by atoms with Gasteiger partial charge in [0, 0.05) is 22.8 Å². The van der Waals surface area contributed by atoms with Crippen molar-refractivity contribution in [2.45, 2.75) is 27.7 Å². The Kier molecular flexibility index (Phi) is 4.32. The Balaban J connectivity index is 2.32. The number of hydrogen-bond donors (Lipinski definition) is 2. The first kappa shape index (κ1) is 15.5. The van der Waals surface area contributed by atoms with Crippen LogP contribution in [0.4, 0.5) is 5.69 Å². The summed E-state index contributed by atoms with van der Waals surface area (Å²) in [5.41, 5.74) is 4.17. The Labute approximate surface area is 132 Å². The molecule has 0 bridgehead atoms. The number of carbonyl (C=O) groups excluding carboxylic acids is 2. The summed E-state index contributed by atoms with van der Waals surface area (Å²) in [6, 6.07) is 5.62. The van der Waals surface area contributed by atoms with Crippen LogP contribution in [0.25, 0.3) is 0 Å². The lowest BCUT2D eigenvalue weighted by molar-refractivity contribution is 0.101. The minimum atomic E-state index is -0.213. The molecule has 5 heteroatoms. The van der Waals surface area contributed by atoms with Crippen LogP contribution in [0.3, 0.4) is 0 Å². The minimum Gasteiger partial charge on any atom is -0.355 e. The Hall–Kier alpha value is -1.88. The SMILES string of the molecule is CC(=O)c1[nH]c(C)c(C(=O)Nc2ccc(Br)c(C)c2)c1C. The molecule has 1 aromatic carbocycles.